The molecule has 1 atom stereocenters. The summed E-state index contributed by atoms with van der Waals surface area (Å²) in [6, 6.07) is 17.7. The number of hydrogen-bond acceptors (Lipinski definition) is 6. The lowest BCUT2D eigenvalue weighted by Crippen LogP contribution is -2.10. The van der Waals surface area contributed by atoms with E-state index >= 15 is 0 Å². The summed E-state index contributed by atoms with van der Waals surface area (Å²) in [6.45, 7) is 9.21. The van der Waals surface area contributed by atoms with Crippen LogP contribution in [0.25, 0.3) is 0 Å². The number of anilines is 1. The fraction of sp³-hybridized carbons (Fsp3) is 0.200. The summed E-state index contributed by atoms with van der Waals surface area (Å²) < 4.78 is 16.8. The molecule has 2 aromatic carbocycles. The maximum Gasteiger partial charge on any atom is 0.150 e. The van der Waals surface area contributed by atoms with Crippen LogP contribution in [0.4, 0.5) is 10.1 Å². The van der Waals surface area contributed by atoms with E-state index in [1.807, 2.05) is 30.5 Å². The van der Waals surface area contributed by atoms with E-state index in [-0.39, 0.29) is 11.7 Å². The molecule has 32 heavy (non-hydrogen) atoms. The number of nitrogens with zero attached hydrogens (tertiary/aromatic N) is 4. The van der Waals surface area contributed by atoms with Crippen molar-refractivity contribution in [2.24, 2.45) is 10.8 Å². The highest BCUT2D eigenvalue weighted by atomic mass is 32.2. The lowest BCUT2D eigenvalue weighted by molar-refractivity contribution is 0.508. The summed E-state index contributed by atoms with van der Waals surface area (Å²) in [6.07, 6.45) is 4.24. The van der Waals surface area contributed by atoms with Crippen molar-refractivity contribution in [3.8, 4) is 0 Å². The van der Waals surface area contributed by atoms with Gasteiger partial charge in [-0.3, -0.25) is 4.98 Å². The molecule has 1 aromatic heterocycles. The molecule has 0 amide bonds. The first-order valence-electron chi connectivity index (χ1n) is 10.5. The monoisotopic (exact) mass is 447 g/mol. The van der Waals surface area contributed by atoms with E-state index < -0.39 is 0 Å². The first-order valence-corrected chi connectivity index (χ1v) is 11.2. The molecule has 2 N–H and O–H groups in total. The fourth-order valence-electron chi connectivity index (χ4n) is 3.97. The molecule has 0 spiro atoms. The average molecular weight is 448 g/mol. The van der Waals surface area contributed by atoms with Crippen LogP contribution in [-0.4, -0.2) is 22.6 Å². The van der Waals surface area contributed by atoms with Gasteiger partial charge in [0.1, 0.15) is 11.5 Å². The third kappa shape index (κ3) is 4.75. The van der Waals surface area contributed by atoms with E-state index in [2.05, 4.69) is 40.9 Å². The van der Waals surface area contributed by atoms with Gasteiger partial charge in [0.05, 0.1) is 0 Å². The molecule has 0 saturated carbocycles. The standard InChI is InChI=1S/C25H26FN5S/c1-3-31(28-2)25-10-9-21(14-23(25)26)32-30-16-19-13-24(29-15-20(19)17-30)22(11-12-27)18-7-5-4-6-8-18/h3-10,13-15,22H,1-2,11-12,16-17,27H2. The van der Waals surface area contributed by atoms with E-state index in [4.69, 9.17) is 10.7 Å². The second-order valence-corrected chi connectivity index (χ2v) is 8.76. The Bertz CT molecular complexity index is 1100. The van der Waals surface area contributed by atoms with Gasteiger partial charge >= 0.3 is 0 Å². The second kappa shape index (κ2) is 10.1. The van der Waals surface area contributed by atoms with E-state index in [1.165, 1.54) is 45.9 Å². The SMILES string of the molecule is C=CN(N=C)c1ccc(SN2Cc3cnc(C(CCN)c4ccccc4)cc3C2)cc1F. The first-order chi connectivity index (χ1) is 15.6. The van der Waals surface area contributed by atoms with E-state index in [1.54, 1.807) is 6.07 Å². The maximum absolute atomic E-state index is 14.6. The Hall–Kier alpha value is -3.00. The number of pyridine rings is 1. The van der Waals surface area contributed by atoms with Crippen LogP contribution in [0.5, 0.6) is 0 Å². The number of halogens is 1. The Kier molecular flexibility index (Phi) is 6.99. The maximum atomic E-state index is 14.6. The smallest absolute Gasteiger partial charge is 0.150 e. The lowest BCUT2D eigenvalue weighted by Gasteiger charge is -2.17. The van der Waals surface area contributed by atoms with Gasteiger partial charge in [0.15, 0.2) is 0 Å². The Balaban J connectivity index is 1.49. The fourth-order valence-corrected chi connectivity index (χ4v) is 4.96. The number of fused-ring (bicyclic) bond motifs is 1. The van der Waals surface area contributed by atoms with Crippen LogP contribution in [0.1, 0.15) is 34.7 Å². The number of benzene rings is 2. The molecular weight excluding hydrogens is 421 g/mol. The van der Waals surface area contributed by atoms with Gasteiger partial charge in [0.25, 0.3) is 0 Å². The van der Waals surface area contributed by atoms with Gasteiger partial charge in [0.2, 0.25) is 0 Å². The zero-order valence-corrected chi connectivity index (χ0v) is 18.6. The number of rotatable bonds is 9. The topological polar surface area (TPSA) is 57.8 Å². The number of aromatic nitrogens is 1. The predicted molar refractivity (Wildman–Crippen MR) is 130 cm³/mol. The van der Waals surface area contributed by atoms with E-state index in [0.29, 0.717) is 12.2 Å². The molecular formula is C25H26FN5S. The van der Waals surface area contributed by atoms with Crippen LogP contribution in [0, 0.1) is 5.82 Å². The van der Waals surface area contributed by atoms with Gasteiger partial charge in [-0.1, -0.05) is 36.9 Å². The van der Waals surface area contributed by atoms with Crippen molar-refractivity contribution in [1.29, 1.82) is 0 Å². The summed E-state index contributed by atoms with van der Waals surface area (Å²) in [5, 5.41) is 5.06. The van der Waals surface area contributed by atoms with Gasteiger partial charge in [0, 0.05) is 48.7 Å². The van der Waals surface area contributed by atoms with Gasteiger partial charge in [-0.05, 0) is 65.9 Å². The van der Waals surface area contributed by atoms with Crippen LogP contribution in [0.2, 0.25) is 0 Å². The van der Waals surface area contributed by atoms with Crippen molar-refractivity contribution in [1.82, 2.24) is 9.29 Å². The van der Waals surface area contributed by atoms with Gasteiger partial charge in [-0.15, -0.1) is 0 Å². The quantitative estimate of drug-likeness (QED) is 0.274. The molecule has 0 aliphatic carbocycles. The van der Waals surface area contributed by atoms with Crippen molar-refractivity contribution in [3.05, 3.63) is 102 Å². The first kappa shape index (κ1) is 22.2. The number of nitrogens with two attached hydrogens (primary N) is 1. The molecule has 0 saturated heterocycles. The molecule has 2 heterocycles. The summed E-state index contributed by atoms with van der Waals surface area (Å²) in [7, 11) is 0. The largest absolute Gasteiger partial charge is 0.330 e. The van der Waals surface area contributed by atoms with Crippen molar-refractivity contribution in [3.63, 3.8) is 0 Å². The van der Waals surface area contributed by atoms with Gasteiger partial charge in [-0.2, -0.15) is 5.10 Å². The van der Waals surface area contributed by atoms with Crippen LogP contribution in [0.15, 0.2) is 83.6 Å². The van der Waals surface area contributed by atoms with Gasteiger partial charge < -0.3 is 5.73 Å². The molecule has 3 aromatic rings. The molecule has 5 nitrogen and oxygen atoms in total. The zero-order valence-electron chi connectivity index (χ0n) is 17.8. The van der Waals surface area contributed by atoms with Crippen molar-refractivity contribution in [2.75, 3.05) is 11.6 Å². The molecule has 1 aliphatic heterocycles. The van der Waals surface area contributed by atoms with E-state index in [0.717, 1.165) is 30.1 Å². The molecule has 0 radical (unpaired) electrons. The summed E-state index contributed by atoms with van der Waals surface area (Å²) in [5.41, 5.74) is 11.0. The van der Waals surface area contributed by atoms with Crippen molar-refractivity contribution in [2.45, 2.75) is 30.3 Å². The Morgan fingerprint density at radius 1 is 1.19 bits per heavy atom. The van der Waals surface area contributed by atoms with Crippen LogP contribution in [-0.2, 0) is 13.1 Å². The number of hydrogen-bond donors (Lipinski definition) is 1. The van der Waals surface area contributed by atoms with Crippen LogP contribution < -0.4 is 10.7 Å². The highest BCUT2D eigenvalue weighted by Gasteiger charge is 2.24. The second-order valence-electron chi connectivity index (χ2n) is 7.59. The molecule has 4 rings (SSSR count). The highest BCUT2D eigenvalue weighted by Crippen LogP contribution is 2.36. The summed E-state index contributed by atoms with van der Waals surface area (Å²) >= 11 is 1.53. The number of hydrazone groups is 1. The van der Waals surface area contributed by atoms with Gasteiger partial charge in [-0.25, -0.2) is 13.7 Å². The molecule has 7 heteroatoms. The molecule has 0 fully saturated rings. The minimum atomic E-state index is -0.365. The Morgan fingerprint density at radius 2 is 1.97 bits per heavy atom. The predicted octanol–water partition coefficient (Wildman–Crippen LogP) is 5.29. The van der Waals surface area contributed by atoms with Crippen LogP contribution >= 0.6 is 11.9 Å². The molecule has 1 unspecified atom stereocenters. The van der Waals surface area contributed by atoms with Crippen LogP contribution in [0.3, 0.4) is 0 Å². The zero-order chi connectivity index (χ0) is 22.5. The van der Waals surface area contributed by atoms with E-state index in [9.17, 15) is 4.39 Å². The normalized spacial score (nSPS) is 14.1. The lowest BCUT2D eigenvalue weighted by atomic mass is 9.91. The minimum absolute atomic E-state index is 0.182. The Labute approximate surface area is 192 Å². The molecule has 164 valence electrons. The third-order valence-corrected chi connectivity index (χ3v) is 6.52. The molecule has 1 aliphatic rings. The third-order valence-electron chi connectivity index (χ3n) is 5.54. The highest BCUT2D eigenvalue weighted by molar-refractivity contribution is 7.97. The minimum Gasteiger partial charge on any atom is -0.330 e. The Morgan fingerprint density at radius 3 is 2.66 bits per heavy atom. The average Bonchev–Trinajstić information content (AvgIpc) is 3.21. The summed E-state index contributed by atoms with van der Waals surface area (Å²) in [5.74, 6) is -0.184. The van der Waals surface area contributed by atoms with Crippen molar-refractivity contribution >= 4 is 24.4 Å². The molecule has 0 bridgehead atoms. The van der Waals surface area contributed by atoms with Crippen molar-refractivity contribution < 1.29 is 4.39 Å². The summed E-state index contributed by atoms with van der Waals surface area (Å²) in [4.78, 5) is 5.59.